The van der Waals surface area contributed by atoms with Crippen molar-refractivity contribution in [3.8, 4) is 0 Å². The summed E-state index contributed by atoms with van der Waals surface area (Å²) in [5.74, 6) is 0. The number of hydrogen-bond acceptors (Lipinski definition) is 1. The second kappa shape index (κ2) is 2.50. The van der Waals surface area contributed by atoms with Crippen molar-refractivity contribution in [1.29, 1.82) is 0 Å². The number of carbonyl (C=O) groups excluding carboxylic acids is 1. The predicted octanol–water partition coefficient (Wildman–Crippen LogP) is 1.10. The third-order valence-electron chi connectivity index (χ3n) is 0.662. The Morgan fingerprint density at radius 3 is 2.43 bits per heavy atom. The molecule has 0 spiro atoms. The summed E-state index contributed by atoms with van der Waals surface area (Å²) in [4.78, 5) is 9.61. The molecule has 40 valence electrons. The van der Waals surface area contributed by atoms with E-state index in [0.717, 1.165) is 0 Å². The highest BCUT2D eigenvalue weighted by molar-refractivity contribution is 5.73. The van der Waals surface area contributed by atoms with Crippen molar-refractivity contribution in [2.45, 2.75) is 13.1 Å². The maximum absolute atomic E-state index is 11.8. The molecule has 2 heteroatoms. The number of rotatable bonds is 2. The lowest BCUT2D eigenvalue weighted by Crippen LogP contribution is -1.96. The largest absolute Gasteiger partial charge is 0.298 e. The average Bonchev–Trinajstić information content (AvgIpc) is 1.65. The van der Waals surface area contributed by atoms with Gasteiger partial charge in [-0.25, -0.2) is 4.39 Å². The molecule has 0 saturated heterocycles. The molecule has 0 heterocycles. The summed E-state index contributed by atoms with van der Waals surface area (Å²) >= 11 is 0. The molecule has 1 unspecified atom stereocenters. The maximum atomic E-state index is 11.8. The minimum absolute atomic E-state index is 0.000000000000000222. The van der Waals surface area contributed by atoms with Gasteiger partial charge in [0.2, 0.25) is 0 Å². The summed E-state index contributed by atoms with van der Waals surface area (Å²) in [5.41, 5.74) is 0.000000000000000222. The van der Waals surface area contributed by atoms with Gasteiger partial charge in [0.25, 0.3) is 0 Å². The first-order chi connectivity index (χ1) is 3.18. The van der Waals surface area contributed by atoms with E-state index in [1.165, 1.54) is 6.92 Å². The lowest BCUT2D eigenvalue weighted by atomic mass is 10.2. The van der Waals surface area contributed by atoms with E-state index in [2.05, 4.69) is 6.58 Å². The van der Waals surface area contributed by atoms with Gasteiger partial charge >= 0.3 is 0 Å². The molecule has 0 N–H and O–H groups in total. The Hall–Kier alpha value is -0.660. The normalized spacial score (nSPS) is 12.9. The molecule has 0 aromatic carbocycles. The SMILES string of the molecule is C=C(C=O)C(C)F. The maximum Gasteiger partial charge on any atom is 0.148 e. The van der Waals surface area contributed by atoms with Crippen molar-refractivity contribution in [1.82, 2.24) is 0 Å². The molecule has 1 nitrogen and oxygen atoms in total. The van der Waals surface area contributed by atoms with E-state index in [1.54, 1.807) is 0 Å². The summed E-state index contributed by atoms with van der Waals surface area (Å²) in [6.45, 7) is 4.40. The summed E-state index contributed by atoms with van der Waals surface area (Å²) in [5, 5.41) is 0. The Bertz CT molecular complexity index is 86.1. The molecule has 0 aliphatic carbocycles. The highest BCUT2D eigenvalue weighted by atomic mass is 19.1. The summed E-state index contributed by atoms with van der Waals surface area (Å²) in [7, 11) is 0. The van der Waals surface area contributed by atoms with Gasteiger partial charge in [0, 0.05) is 5.57 Å². The Morgan fingerprint density at radius 1 is 2.00 bits per heavy atom. The number of carbonyl (C=O) groups is 1. The predicted molar refractivity (Wildman–Crippen MR) is 25.8 cm³/mol. The molecule has 0 rings (SSSR count). The van der Waals surface area contributed by atoms with Gasteiger partial charge < -0.3 is 0 Å². The Labute approximate surface area is 41.8 Å². The molecule has 0 aliphatic heterocycles. The molecule has 0 radical (unpaired) electrons. The van der Waals surface area contributed by atoms with Crippen molar-refractivity contribution in [2.75, 3.05) is 0 Å². The minimum Gasteiger partial charge on any atom is -0.298 e. The van der Waals surface area contributed by atoms with Crippen molar-refractivity contribution in [3.05, 3.63) is 12.2 Å². The third-order valence-corrected chi connectivity index (χ3v) is 0.662. The molecule has 0 aromatic heterocycles. The molecule has 0 aromatic rings. The van der Waals surface area contributed by atoms with E-state index >= 15 is 0 Å². The van der Waals surface area contributed by atoms with Gasteiger partial charge in [-0.1, -0.05) is 6.58 Å². The molecular weight excluding hydrogens is 95.1 g/mol. The fraction of sp³-hybridized carbons (Fsp3) is 0.400. The zero-order valence-electron chi connectivity index (χ0n) is 4.15. The monoisotopic (exact) mass is 102 g/mol. The first-order valence-electron chi connectivity index (χ1n) is 1.96. The van der Waals surface area contributed by atoms with Gasteiger partial charge in [-0.15, -0.1) is 0 Å². The fourth-order valence-electron chi connectivity index (χ4n) is 0.0938. The van der Waals surface area contributed by atoms with Gasteiger partial charge in [-0.3, -0.25) is 4.79 Å². The lowest BCUT2D eigenvalue weighted by Gasteiger charge is -1.92. The van der Waals surface area contributed by atoms with Crippen molar-refractivity contribution >= 4 is 6.29 Å². The number of aldehydes is 1. The number of hydrogen-bond donors (Lipinski definition) is 0. The quantitative estimate of drug-likeness (QED) is 0.377. The molecule has 0 bridgehead atoms. The summed E-state index contributed by atoms with van der Waals surface area (Å²) in [6, 6.07) is 0. The van der Waals surface area contributed by atoms with Gasteiger partial charge in [0.05, 0.1) is 0 Å². The lowest BCUT2D eigenvalue weighted by molar-refractivity contribution is -0.105. The van der Waals surface area contributed by atoms with Gasteiger partial charge in [0.15, 0.2) is 0 Å². The van der Waals surface area contributed by atoms with Crippen LogP contribution >= 0.6 is 0 Å². The van der Waals surface area contributed by atoms with Crippen molar-refractivity contribution < 1.29 is 9.18 Å². The first-order valence-corrected chi connectivity index (χ1v) is 1.96. The zero-order valence-corrected chi connectivity index (χ0v) is 4.15. The van der Waals surface area contributed by atoms with Gasteiger partial charge in [0.1, 0.15) is 12.5 Å². The Morgan fingerprint density at radius 2 is 2.43 bits per heavy atom. The topological polar surface area (TPSA) is 17.1 Å². The van der Waals surface area contributed by atoms with Crippen molar-refractivity contribution in [3.63, 3.8) is 0 Å². The van der Waals surface area contributed by atoms with E-state index in [4.69, 9.17) is 0 Å². The van der Waals surface area contributed by atoms with E-state index in [9.17, 15) is 9.18 Å². The van der Waals surface area contributed by atoms with Crippen LogP contribution in [0.1, 0.15) is 6.92 Å². The van der Waals surface area contributed by atoms with E-state index in [-0.39, 0.29) is 5.57 Å². The van der Waals surface area contributed by atoms with E-state index in [0.29, 0.717) is 6.29 Å². The van der Waals surface area contributed by atoms with Crippen LogP contribution in [0.2, 0.25) is 0 Å². The van der Waals surface area contributed by atoms with E-state index < -0.39 is 6.17 Å². The first kappa shape index (κ1) is 6.34. The smallest absolute Gasteiger partial charge is 0.148 e. The molecule has 0 amide bonds. The molecule has 0 aliphatic rings. The third kappa shape index (κ3) is 2.09. The standard InChI is InChI=1S/C5H7FO/c1-4(3-7)5(2)6/h3,5H,1H2,2H3. The molecule has 7 heavy (non-hydrogen) atoms. The van der Waals surface area contributed by atoms with Crippen LogP contribution in [-0.2, 0) is 4.79 Å². The second-order valence-electron chi connectivity index (χ2n) is 1.31. The van der Waals surface area contributed by atoms with Crippen LogP contribution in [0.15, 0.2) is 12.2 Å². The highest BCUT2D eigenvalue weighted by Gasteiger charge is 1.98. The van der Waals surface area contributed by atoms with E-state index in [1.807, 2.05) is 0 Å². The number of halogens is 1. The van der Waals surface area contributed by atoms with Crippen LogP contribution in [0.4, 0.5) is 4.39 Å². The molecular formula is C5H7FO. The van der Waals surface area contributed by atoms with Crippen LogP contribution in [0, 0.1) is 0 Å². The van der Waals surface area contributed by atoms with Crippen LogP contribution < -0.4 is 0 Å². The van der Waals surface area contributed by atoms with Gasteiger partial charge in [-0.2, -0.15) is 0 Å². The Kier molecular flexibility index (Phi) is 2.27. The zero-order chi connectivity index (χ0) is 5.86. The average molecular weight is 102 g/mol. The summed E-state index contributed by atoms with van der Waals surface area (Å²) in [6.07, 6.45) is -0.775. The van der Waals surface area contributed by atoms with Crippen LogP contribution in [0.25, 0.3) is 0 Å². The van der Waals surface area contributed by atoms with Crippen LogP contribution in [0.3, 0.4) is 0 Å². The second-order valence-corrected chi connectivity index (χ2v) is 1.31. The number of allylic oxidation sites excluding steroid dienone is 1. The molecule has 0 fully saturated rings. The molecule has 1 atom stereocenters. The minimum atomic E-state index is -1.20. The molecule has 0 saturated carbocycles. The highest BCUT2D eigenvalue weighted by Crippen LogP contribution is 1.97. The van der Waals surface area contributed by atoms with Gasteiger partial charge in [-0.05, 0) is 6.92 Å². The summed E-state index contributed by atoms with van der Waals surface area (Å²) < 4.78 is 11.8. The fourth-order valence-corrected chi connectivity index (χ4v) is 0.0938. The number of alkyl halides is 1. The van der Waals surface area contributed by atoms with Crippen LogP contribution in [0.5, 0.6) is 0 Å². The van der Waals surface area contributed by atoms with Crippen molar-refractivity contribution in [2.24, 2.45) is 0 Å². The Balaban J connectivity index is 3.56. The van der Waals surface area contributed by atoms with Crippen LogP contribution in [-0.4, -0.2) is 12.5 Å².